The molecule has 0 atom stereocenters. The van der Waals surface area contributed by atoms with Gasteiger partial charge in [-0.05, 0) is 45.4 Å². The van der Waals surface area contributed by atoms with E-state index < -0.39 is 27.0 Å². The monoisotopic (exact) mass is 359 g/mol. The van der Waals surface area contributed by atoms with E-state index in [2.05, 4.69) is 0 Å². The molecular weight excluding hydrogens is 334 g/mol. The van der Waals surface area contributed by atoms with Crippen molar-refractivity contribution in [2.75, 3.05) is 5.75 Å². The summed E-state index contributed by atoms with van der Waals surface area (Å²) in [4.78, 5) is 14.6. The number of amides is 1. The van der Waals surface area contributed by atoms with Crippen LogP contribution in [-0.4, -0.2) is 30.5 Å². The Morgan fingerprint density at radius 1 is 0.960 bits per heavy atom. The minimum atomic E-state index is -3.67. The van der Waals surface area contributed by atoms with Crippen molar-refractivity contribution >= 4 is 15.7 Å². The third-order valence-corrected chi connectivity index (χ3v) is 5.61. The Bertz CT molecular complexity index is 819. The molecule has 4 nitrogen and oxygen atoms in total. The smallest absolute Gasteiger partial charge is 0.238 e. The minimum absolute atomic E-state index is 0.181. The molecule has 2 aromatic carbocycles. The van der Waals surface area contributed by atoms with Gasteiger partial charge in [-0.1, -0.05) is 48.0 Å². The first-order valence-corrected chi connectivity index (χ1v) is 9.89. The fraction of sp³-hybridized carbons (Fsp3) is 0.350. The van der Waals surface area contributed by atoms with E-state index in [1.54, 1.807) is 29.2 Å². The van der Waals surface area contributed by atoms with Gasteiger partial charge in [-0.2, -0.15) is 0 Å². The normalized spacial score (nSPS) is 12.0. The van der Waals surface area contributed by atoms with Gasteiger partial charge in [0.25, 0.3) is 0 Å². The van der Waals surface area contributed by atoms with Crippen LogP contribution in [0.4, 0.5) is 0 Å². The van der Waals surface area contributed by atoms with Crippen LogP contribution in [0.3, 0.4) is 0 Å². The van der Waals surface area contributed by atoms with Crippen LogP contribution in [0, 0.1) is 6.92 Å². The van der Waals surface area contributed by atoms with Gasteiger partial charge >= 0.3 is 0 Å². The lowest BCUT2D eigenvalue weighted by Crippen LogP contribution is -2.47. The number of rotatable bonds is 5. The lowest BCUT2D eigenvalue weighted by atomic mass is 10.0. The minimum Gasteiger partial charge on any atom is -0.333 e. The standard InChI is InChI=1S/C20H25NO3S/c1-16-10-12-18(13-11-16)25(23,24)15-19(22)21(20(2,3)4)14-17-8-6-5-7-9-17/h5-13H,14-15H2,1-4H3. The Morgan fingerprint density at radius 2 is 1.52 bits per heavy atom. The molecule has 0 unspecified atom stereocenters. The van der Waals surface area contributed by atoms with Gasteiger partial charge in [0, 0.05) is 12.1 Å². The predicted octanol–water partition coefficient (Wildman–Crippen LogP) is 3.60. The molecule has 0 heterocycles. The highest BCUT2D eigenvalue weighted by atomic mass is 32.2. The van der Waals surface area contributed by atoms with Crippen molar-refractivity contribution in [2.45, 2.75) is 44.7 Å². The molecule has 0 bridgehead atoms. The van der Waals surface area contributed by atoms with E-state index >= 15 is 0 Å². The van der Waals surface area contributed by atoms with Crippen LogP contribution in [0.1, 0.15) is 31.9 Å². The number of carbonyl (C=O) groups is 1. The van der Waals surface area contributed by atoms with Crippen LogP contribution in [0.25, 0.3) is 0 Å². The quantitative estimate of drug-likeness (QED) is 0.820. The molecule has 134 valence electrons. The summed E-state index contributed by atoms with van der Waals surface area (Å²) in [5, 5.41) is 0. The second-order valence-corrected chi connectivity index (χ2v) is 9.20. The molecule has 1 amide bonds. The van der Waals surface area contributed by atoms with E-state index in [0.717, 1.165) is 11.1 Å². The van der Waals surface area contributed by atoms with Gasteiger partial charge in [-0.3, -0.25) is 4.79 Å². The molecule has 0 saturated heterocycles. The third-order valence-electron chi connectivity index (χ3n) is 3.99. The van der Waals surface area contributed by atoms with Gasteiger partial charge in [0.05, 0.1) is 4.90 Å². The van der Waals surface area contributed by atoms with Gasteiger partial charge in [-0.15, -0.1) is 0 Å². The Kier molecular flexibility index (Phi) is 5.68. The molecule has 0 aromatic heterocycles. The Balaban J connectivity index is 2.23. The van der Waals surface area contributed by atoms with Gasteiger partial charge in [0.1, 0.15) is 5.75 Å². The molecule has 2 rings (SSSR count). The SMILES string of the molecule is Cc1ccc(S(=O)(=O)CC(=O)N(Cc2ccccc2)C(C)(C)C)cc1. The maximum atomic E-state index is 12.8. The van der Waals surface area contributed by atoms with Crippen LogP contribution in [0.5, 0.6) is 0 Å². The highest BCUT2D eigenvalue weighted by Crippen LogP contribution is 2.20. The summed E-state index contributed by atoms with van der Waals surface area (Å²) in [5.41, 5.74) is 1.47. The van der Waals surface area contributed by atoms with Crippen molar-refractivity contribution < 1.29 is 13.2 Å². The van der Waals surface area contributed by atoms with Crippen LogP contribution >= 0.6 is 0 Å². The van der Waals surface area contributed by atoms with Gasteiger partial charge < -0.3 is 4.90 Å². The number of hydrogen-bond acceptors (Lipinski definition) is 3. The Hall–Kier alpha value is -2.14. The van der Waals surface area contributed by atoms with E-state index in [1.807, 2.05) is 58.0 Å². The lowest BCUT2D eigenvalue weighted by Gasteiger charge is -2.36. The highest BCUT2D eigenvalue weighted by Gasteiger charge is 2.30. The fourth-order valence-electron chi connectivity index (χ4n) is 2.53. The Morgan fingerprint density at radius 3 is 2.04 bits per heavy atom. The average molecular weight is 359 g/mol. The van der Waals surface area contributed by atoms with E-state index in [4.69, 9.17) is 0 Å². The van der Waals surface area contributed by atoms with Crippen LogP contribution in [0.15, 0.2) is 59.5 Å². The maximum absolute atomic E-state index is 12.8. The number of aryl methyl sites for hydroxylation is 1. The molecule has 25 heavy (non-hydrogen) atoms. The summed E-state index contributed by atoms with van der Waals surface area (Å²) in [6.45, 7) is 8.00. The molecule has 5 heteroatoms. The van der Waals surface area contributed by atoms with Gasteiger partial charge in [0.15, 0.2) is 9.84 Å². The van der Waals surface area contributed by atoms with E-state index in [-0.39, 0.29) is 4.90 Å². The van der Waals surface area contributed by atoms with Crippen LogP contribution in [-0.2, 0) is 21.2 Å². The zero-order chi connectivity index (χ0) is 18.7. The number of hydrogen-bond donors (Lipinski definition) is 0. The lowest BCUT2D eigenvalue weighted by molar-refractivity contribution is -0.133. The number of benzene rings is 2. The first-order chi connectivity index (χ1) is 11.6. The zero-order valence-corrected chi connectivity index (χ0v) is 16.0. The molecule has 0 spiro atoms. The van der Waals surface area contributed by atoms with Crippen molar-refractivity contribution in [3.05, 3.63) is 65.7 Å². The molecule has 0 aliphatic heterocycles. The molecule has 0 aliphatic rings. The molecule has 2 aromatic rings. The first kappa shape index (κ1) is 19.2. The predicted molar refractivity (Wildman–Crippen MR) is 100.0 cm³/mol. The number of nitrogens with zero attached hydrogens (tertiary/aromatic N) is 1. The van der Waals surface area contributed by atoms with E-state index in [1.165, 1.54) is 0 Å². The largest absolute Gasteiger partial charge is 0.333 e. The summed E-state index contributed by atoms with van der Waals surface area (Å²) in [7, 11) is -3.67. The van der Waals surface area contributed by atoms with Crippen LogP contribution < -0.4 is 0 Å². The van der Waals surface area contributed by atoms with E-state index in [9.17, 15) is 13.2 Å². The number of sulfone groups is 1. The van der Waals surface area contributed by atoms with Crippen molar-refractivity contribution in [3.8, 4) is 0 Å². The van der Waals surface area contributed by atoms with Crippen molar-refractivity contribution in [2.24, 2.45) is 0 Å². The molecule has 0 radical (unpaired) electrons. The first-order valence-electron chi connectivity index (χ1n) is 8.23. The topological polar surface area (TPSA) is 54.5 Å². The molecular formula is C20H25NO3S. The van der Waals surface area contributed by atoms with Crippen molar-refractivity contribution in [1.29, 1.82) is 0 Å². The van der Waals surface area contributed by atoms with Gasteiger partial charge in [-0.25, -0.2) is 8.42 Å². The fourth-order valence-corrected chi connectivity index (χ4v) is 3.73. The zero-order valence-electron chi connectivity index (χ0n) is 15.2. The second kappa shape index (κ2) is 7.40. The second-order valence-electron chi connectivity index (χ2n) is 7.21. The Labute approximate surface area is 150 Å². The van der Waals surface area contributed by atoms with E-state index in [0.29, 0.717) is 6.54 Å². The summed E-state index contributed by atoms with van der Waals surface area (Å²) in [5.74, 6) is -0.919. The summed E-state index contributed by atoms with van der Waals surface area (Å²) < 4.78 is 25.2. The third kappa shape index (κ3) is 5.16. The highest BCUT2D eigenvalue weighted by molar-refractivity contribution is 7.92. The molecule has 0 fully saturated rings. The van der Waals surface area contributed by atoms with Crippen molar-refractivity contribution in [1.82, 2.24) is 4.90 Å². The number of carbonyl (C=O) groups excluding carboxylic acids is 1. The van der Waals surface area contributed by atoms with Gasteiger partial charge in [0.2, 0.25) is 5.91 Å². The molecule has 0 saturated carbocycles. The van der Waals surface area contributed by atoms with Crippen LogP contribution in [0.2, 0.25) is 0 Å². The summed E-state index contributed by atoms with van der Waals surface area (Å²) >= 11 is 0. The average Bonchev–Trinajstić information content (AvgIpc) is 2.52. The maximum Gasteiger partial charge on any atom is 0.238 e. The summed E-state index contributed by atoms with van der Waals surface area (Å²) in [6.07, 6.45) is 0. The molecule has 0 N–H and O–H groups in total. The van der Waals surface area contributed by atoms with Crippen molar-refractivity contribution in [3.63, 3.8) is 0 Å². The summed E-state index contributed by atoms with van der Waals surface area (Å²) in [6, 6.07) is 16.2. The molecule has 0 aliphatic carbocycles.